The fourth-order valence-electron chi connectivity index (χ4n) is 1.82. The van der Waals surface area contributed by atoms with Crippen LogP contribution in [0.2, 0.25) is 0 Å². The van der Waals surface area contributed by atoms with E-state index in [-0.39, 0.29) is 11.8 Å². The van der Waals surface area contributed by atoms with Crippen LogP contribution in [0, 0.1) is 11.8 Å². The summed E-state index contributed by atoms with van der Waals surface area (Å²) >= 11 is 0. The summed E-state index contributed by atoms with van der Waals surface area (Å²) in [6, 6.07) is 0. The number of nitrogens with one attached hydrogen (secondary N) is 2. The van der Waals surface area contributed by atoms with Crippen molar-refractivity contribution < 1.29 is 9.90 Å². The quantitative estimate of drug-likeness (QED) is 0.588. The maximum Gasteiger partial charge on any atom is 0.225 e. The fraction of sp³-hybridized carbons (Fsp3) is 0.909. The maximum atomic E-state index is 11.5. The molecule has 0 saturated carbocycles. The van der Waals surface area contributed by atoms with E-state index in [1.165, 1.54) is 0 Å². The highest BCUT2D eigenvalue weighted by atomic mass is 16.3. The molecule has 1 heterocycles. The first kappa shape index (κ1) is 12.5. The minimum atomic E-state index is -0.406. The first-order valence-corrected chi connectivity index (χ1v) is 5.85. The number of rotatable bonds is 6. The summed E-state index contributed by atoms with van der Waals surface area (Å²) < 4.78 is 0. The second-order valence-corrected chi connectivity index (χ2v) is 4.24. The molecule has 1 fully saturated rings. The monoisotopic (exact) mass is 214 g/mol. The van der Waals surface area contributed by atoms with Gasteiger partial charge in [0, 0.05) is 19.6 Å². The van der Waals surface area contributed by atoms with E-state index in [1.807, 2.05) is 0 Å². The first-order chi connectivity index (χ1) is 7.19. The third-order valence-electron chi connectivity index (χ3n) is 3.23. The normalized spacial score (nSPS) is 18.7. The number of amides is 1. The Bertz CT molecular complexity index is 201. The summed E-state index contributed by atoms with van der Waals surface area (Å²) in [4.78, 5) is 11.5. The Morgan fingerprint density at radius 3 is 2.47 bits per heavy atom. The van der Waals surface area contributed by atoms with Gasteiger partial charge in [0.1, 0.15) is 0 Å². The third kappa shape index (κ3) is 3.47. The molecule has 15 heavy (non-hydrogen) atoms. The van der Waals surface area contributed by atoms with Gasteiger partial charge in [-0.25, -0.2) is 0 Å². The van der Waals surface area contributed by atoms with E-state index in [0.29, 0.717) is 12.5 Å². The summed E-state index contributed by atoms with van der Waals surface area (Å²) in [5, 5.41) is 15.7. The molecule has 0 spiro atoms. The van der Waals surface area contributed by atoms with Crippen LogP contribution in [0.1, 0.15) is 26.7 Å². The van der Waals surface area contributed by atoms with Crippen LogP contribution >= 0.6 is 0 Å². The number of aliphatic hydroxyl groups is 1. The molecule has 0 aromatic carbocycles. The lowest BCUT2D eigenvalue weighted by atomic mass is 9.96. The first-order valence-electron chi connectivity index (χ1n) is 5.85. The van der Waals surface area contributed by atoms with Gasteiger partial charge in [-0.05, 0) is 5.92 Å². The highest BCUT2D eigenvalue weighted by molar-refractivity contribution is 5.79. The molecule has 1 aliphatic heterocycles. The Morgan fingerprint density at radius 1 is 1.47 bits per heavy atom. The molecule has 3 N–H and O–H groups in total. The Kier molecular flexibility index (Phi) is 5.05. The van der Waals surface area contributed by atoms with Gasteiger partial charge in [0.2, 0.25) is 5.91 Å². The van der Waals surface area contributed by atoms with Crippen LogP contribution in [-0.4, -0.2) is 36.8 Å². The Labute approximate surface area is 91.4 Å². The molecule has 1 rings (SSSR count). The van der Waals surface area contributed by atoms with Crippen molar-refractivity contribution in [1.82, 2.24) is 10.6 Å². The van der Waals surface area contributed by atoms with Crippen molar-refractivity contribution in [2.45, 2.75) is 32.8 Å². The number of carbonyl (C=O) groups excluding carboxylic acids is 1. The summed E-state index contributed by atoms with van der Waals surface area (Å²) in [5.41, 5.74) is 0. The van der Waals surface area contributed by atoms with Crippen molar-refractivity contribution >= 4 is 5.91 Å². The van der Waals surface area contributed by atoms with E-state index >= 15 is 0 Å². The molecule has 0 aromatic rings. The van der Waals surface area contributed by atoms with Crippen LogP contribution in [0.25, 0.3) is 0 Å². The van der Waals surface area contributed by atoms with Crippen LogP contribution in [0.5, 0.6) is 0 Å². The lowest BCUT2D eigenvalue weighted by Gasteiger charge is -2.27. The number of aliphatic hydroxyl groups excluding tert-OH is 1. The highest BCUT2D eigenvalue weighted by Gasteiger charge is 2.25. The van der Waals surface area contributed by atoms with Gasteiger partial charge in [-0.1, -0.05) is 26.7 Å². The third-order valence-corrected chi connectivity index (χ3v) is 3.23. The summed E-state index contributed by atoms with van der Waals surface area (Å²) in [6.45, 7) is 6.06. The molecule has 0 radical (unpaired) electrons. The molecule has 4 heteroatoms. The van der Waals surface area contributed by atoms with Crippen LogP contribution in [0.15, 0.2) is 0 Å². The zero-order valence-electron chi connectivity index (χ0n) is 9.62. The van der Waals surface area contributed by atoms with Crippen LogP contribution in [0.4, 0.5) is 0 Å². The molecule has 88 valence electrons. The zero-order valence-corrected chi connectivity index (χ0v) is 9.62. The number of hydrogen-bond acceptors (Lipinski definition) is 3. The van der Waals surface area contributed by atoms with Crippen molar-refractivity contribution in [1.29, 1.82) is 0 Å². The molecule has 1 saturated heterocycles. The second kappa shape index (κ2) is 6.08. The summed E-state index contributed by atoms with van der Waals surface area (Å²) in [7, 11) is 0. The summed E-state index contributed by atoms with van der Waals surface area (Å²) in [6.07, 6.45) is 1.51. The topological polar surface area (TPSA) is 61.4 Å². The van der Waals surface area contributed by atoms with Crippen molar-refractivity contribution in [2.24, 2.45) is 11.8 Å². The SMILES string of the molecule is CCC(CC)C(O)CNC(=O)C1CNC1. The predicted octanol–water partition coefficient (Wildman–Crippen LogP) is 0.119. The van der Waals surface area contributed by atoms with E-state index in [9.17, 15) is 9.90 Å². The van der Waals surface area contributed by atoms with Gasteiger partial charge in [0.15, 0.2) is 0 Å². The van der Waals surface area contributed by atoms with Crippen molar-refractivity contribution in [2.75, 3.05) is 19.6 Å². The predicted molar refractivity (Wildman–Crippen MR) is 59.4 cm³/mol. The molecule has 0 aliphatic carbocycles. The van der Waals surface area contributed by atoms with Gasteiger partial charge in [0.05, 0.1) is 12.0 Å². The lowest BCUT2D eigenvalue weighted by molar-refractivity contribution is -0.127. The van der Waals surface area contributed by atoms with Crippen molar-refractivity contribution in [3.63, 3.8) is 0 Å². The Hall–Kier alpha value is -0.610. The van der Waals surface area contributed by atoms with E-state index in [1.54, 1.807) is 0 Å². The van der Waals surface area contributed by atoms with Crippen molar-refractivity contribution in [3.8, 4) is 0 Å². The van der Waals surface area contributed by atoms with E-state index in [0.717, 1.165) is 25.9 Å². The van der Waals surface area contributed by atoms with Gasteiger partial charge in [-0.2, -0.15) is 0 Å². The lowest BCUT2D eigenvalue weighted by Crippen LogP contribution is -2.52. The van der Waals surface area contributed by atoms with Gasteiger partial charge in [-0.3, -0.25) is 4.79 Å². The molecular formula is C11H22N2O2. The number of hydrogen-bond donors (Lipinski definition) is 3. The van der Waals surface area contributed by atoms with Gasteiger partial charge >= 0.3 is 0 Å². The molecule has 4 nitrogen and oxygen atoms in total. The molecule has 1 aliphatic rings. The van der Waals surface area contributed by atoms with Gasteiger partial charge < -0.3 is 15.7 Å². The molecule has 1 atom stereocenters. The standard InChI is InChI=1S/C11H22N2O2/c1-3-8(4-2)10(14)7-13-11(15)9-5-12-6-9/h8-10,12,14H,3-7H2,1-2H3,(H,13,15). The molecule has 0 bridgehead atoms. The summed E-state index contributed by atoms with van der Waals surface area (Å²) in [5.74, 6) is 0.475. The smallest absolute Gasteiger partial charge is 0.225 e. The molecule has 1 amide bonds. The average molecular weight is 214 g/mol. The van der Waals surface area contributed by atoms with Crippen LogP contribution in [0.3, 0.4) is 0 Å². The highest BCUT2D eigenvalue weighted by Crippen LogP contribution is 2.12. The largest absolute Gasteiger partial charge is 0.391 e. The maximum absolute atomic E-state index is 11.5. The van der Waals surface area contributed by atoms with Crippen LogP contribution < -0.4 is 10.6 Å². The molecule has 0 aromatic heterocycles. The van der Waals surface area contributed by atoms with Crippen molar-refractivity contribution in [3.05, 3.63) is 0 Å². The minimum Gasteiger partial charge on any atom is -0.391 e. The van der Waals surface area contributed by atoms with Gasteiger partial charge in [0.25, 0.3) is 0 Å². The van der Waals surface area contributed by atoms with Gasteiger partial charge in [-0.15, -0.1) is 0 Å². The van der Waals surface area contributed by atoms with E-state index in [4.69, 9.17) is 0 Å². The van der Waals surface area contributed by atoms with Crippen LogP contribution in [-0.2, 0) is 4.79 Å². The number of carbonyl (C=O) groups is 1. The molecular weight excluding hydrogens is 192 g/mol. The Morgan fingerprint density at radius 2 is 2.07 bits per heavy atom. The second-order valence-electron chi connectivity index (χ2n) is 4.24. The average Bonchev–Trinajstić information content (AvgIpc) is 2.14. The molecule has 1 unspecified atom stereocenters. The zero-order chi connectivity index (χ0) is 11.3. The Balaban J connectivity index is 2.19. The fourth-order valence-corrected chi connectivity index (χ4v) is 1.82. The van der Waals surface area contributed by atoms with E-state index in [2.05, 4.69) is 24.5 Å². The van der Waals surface area contributed by atoms with E-state index < -0.39 is 6.10 Å². The minimum absolute atomic E-state index is 0.0683.